The molecule has 0 aromatic heterocycles. The van der Waals surface area contributed by atoms with E-state index in [1.54, 1.807) is 12.1 Å². The minimum absolute atomic E-state index is 0.671. The van der Waals surface area contributed by atoms with Crippen molar-refractivity contribution in [2.75, 3.05) is 45.9 Å². The lowest BCUT2D eigenvalue weighted by Gasteiger charge is -2.34. The van der Waals surface area contributed by atoms with Gasteiger partial charge in [-0.05, 0) is 37.2 Å². The van der Waals surface area contributed by atoms with Crippen LogP contribution in [0.5, 0.6) is 5.75 Å². The first kappa shape index (κ1) is 14.8. The minimum atomic E-state index is 0.671. The topological polar surface area (TPSA) is 39.5 Å². The summed E-state index contributed by atoms with van der Waals surface area (Å²) in [6.07, 6.45) is 1.24. The summed E-state index contributed by atoms with van der Waals surface area (Å²) in [5.74, 6) is 0.841. The number of nitrogens with zero attached hydrogens (tertiary/aromatic N) is 3. The molecule has 2 rings (SSSR count). The number of rotatable bonds is 6. The fraction of sp³-hybridized carbons (Fsp3) is 0.562. The van der Waals surface area contributed by atoms with Crippen LogP contribution in [-0.2, 0) is 0 Å². The van der Waals surface area contributed by atoms with E-state index in [-0.39, 0.29) is 0 Å². The van der Waals surface area contributed by atoms with Crippen LogP contribution in [-0.4, -0.2) is 55.7 Å². The zero-order chi connectivity index (χ0) is 14.2. The van der Waals surface area contributed by atoms with Crippen molar-refractivity contribution in [2.24, 2.45) is 0 Å². The molecule has 0 unspecified atom stereocenters. The van der Waals surface area contributed by atoms with Gasteiger partial charge in [0.05, 0.1) is 11.6 Å². The first-order valence-corrected chi connectivity index (χ1v) is 7.39. The average Bonchev–Trinajstić information content (AvgIpc) is 2.50. The van der Waals surface area contributed by atoms with Crippen molar-refractivity contribution >= 4 is 0 Å². The molecule has 1 aliphatic heterocycles. The Morgan fingerprint density at radius 3 is 2.20 bits per heavy atom. The summed E-state index contributed by atoms with van der Waals surface area (Å²) in [4.78, 5) is 4.98. The quantitative estimate of drug-likeness (QED) is 0.794. The zero-order valence-electron chi connectivity index (χ0n) is 12.2. The third kappa shape index (κ3) is 4.52. The van der Waals surface area contributed by atoms with Gasteiger partial charge in [0.25, 0.3) is 0 Å². The van der Waals surface area contributed by atoms with Crippen LogP contribution >= 0.6 is 0 Å². The number of nitriles is 1. The molecule has 0 amide bonds. The molecule has 0 N–H and O–H groups in total. The third-order valence-electron chi connectivity index (χ3n) is 3.66. The van der Waals surface area contributed by atoms with Crippen molar-refractivity contribution in [3.63, 3.8) is 0 Å². The molecule has 0 saturated carbocycles. The lowest BCUT2D eigenvalue weighted by Crippen LogP contribution is -2.47. The van der Waals surface area contributed by atoms with Crippen molar-refractivity contribution in [3.8, 4) is 11.8 Å². The number of hydrogen-bond donors (Lipinski definition) is 0. The van der Waals surface area contributed by atoms with Crippen LogP contribution in [0.2, 0.25) is 0 Å². The van der Waals surface area contributed by atoms with Crippen LogP contribution in [0.4, 0.5) is 0 Å². The van der Waals surface area contributed by atoms with Crippen LogP contribution in [0.1, 0.15) is 18.9 Å². The molecular weight excluding hydrogens is 250 g/mol. The fourth-order valence-corrected chi connectivity index (χ4v) is 2.47. The van der Waals surface area contributed by atoms with Gasteiger partial charge in [-0.1, -0.05) is 6.92 Å². The maximum absolute atomic E-state index is 8.73. The van der Waals surface area contributed by atoms with Crippen molar-refractivity contribution < 1.29 is 4.74 Å². The monoisotopic (exact) mass is 273 g/mol. The molecule has 4 nitrogen and oxygen atoms in total. The van der Waals surface area contributed by atoms with Crippen LogP contribution < -0.4 is 4.74 Å². The predicted octanol–water partition coefficient (Wildman–Crippen LogP) is 1.96. The van der Waals surface area contributed by atoms with Gasteiger partial charge in [0.2, 0.25) is 0 Å². The van der Waals surface area contributed by atoms with Gasteiger partial charge < -0.3 is 9.64 Å². The molecule has 1 aromatic carbocycles. The lowest BCUT2D eigenvalue weighted by atomic mass is 10.2. The van der Waals surface area contributed by atoms with E-state index < -0.39 is 0 Å². The maximum Gasteiger partial charge on any atom is 0.119 e. The van der Waals surface area contributed by atoms with Crippen LogP contribution in [0, 0.1) is 11.3 Å². The van der Waals surface area contributed by atoms with Gasteiger partial charge >= 0.3 is 0 Å². The molecule has 0 spiro atoms. The summed E-state index contributed by atoms with van der Waals surface area (Å²) in [5, 5.41) is 8.73. The van der Waals surface area contributed by atoms with Gasteiger partial charge in [0.15, 0.2) is 0 Å². The molecule has 1 saturated heterocycles. The Morgan fingerprint density at radius 1 is 1.05 bits per heavy atom. The van der Waals surface area contributed by atoms with Gasteiger partial charge in [-0.25, -0.2) is 0 Å². The zero-order valence-corrected chi connectivity index (χ0v) is 12.2. The third-order valence-corrected chi connectivity index (χ3v) is 3.66. The van der Waals surface area contributed by atoms with Crippen LogP contribution in [0.15, 0.2) is 24.3 Å². The van der Waals surface area contributed by atoms with Gasteiger partial charge in [0, 0.05) is 32.7 Å². The fourth-order valence-electron chi connectivity index (χ4n) is 2.47. The summed E-state index contributed by atoms with van der Waals surface area (Å²) in [6.45, 7) is 9.75. The van der Waals surface area contributed by atoms with Crippen molar-refractivity contribution in [1.29, 1.82) is 5.26 Å². The molecule has 4 heteroatoms. The minimum Gasteiger partial charge on any atom is -0.492 e. The Morgan fingerprint density at radius 2 is 1.65 bits per heavy atom. The second-order valence-electron chi connectivity index (χ2n) is 5.17. The Balaban J connectivity index is 1.65. The van der Waals surface area contributed by atoms with Gasteiger partial charge in [0.1, 0.15) is 12.4 Å². The van der Waals surface area contributed by atoms with Gasteiger partial charge in [-0.3, -0.25) is 4.90 Å². The van der Waals surface area contributed by atoms with E-state index in [2.05, 4.69) is 22.8 Å². The number of piperazine rings is 1. The molecule has 1 aromatic rings. The van der Waals surface area contributed by atoms with E-state index in [0.29, 0.717) is 12.2 Å². The van der Waals surface area contributed by atoms with Gasteiger partial charge in [-0.15, -0.1) is 0 Å². The van der Waals surface area contributed by atoms with E-state index in [0.717, 1.165) is 25.4 Å². The normalized spacial score (nSPS) is 16.8. The molecule has 20 heavy (non-hydrogen) atoms. The molecule has 108 valence electrons. The Labute approximate surface area is 121 Å². The second kappa shape index (κ2) is 7.88. The van der Waals surface area contributed by atoms with E-state index >= 15 is 0 Å². The molecule has 1 aliphatic rings. The Kier molecular flexibility index (Phi) is 5.85. The highest BCUT2D eigenvalue weighted by atomic mass is 16.5. The Bertz CT molecular complexity index is 430. The highest BCUT2D eigenvalue weighted by molar-refractivity contribution is 5.34. The predicted molar refractivity (Wildman–Crippen MR) is 79.8 cm³/mol. The standard InChI is InChI=1S/C16H23N3O/c1-2-7-18-8-10-19(11-9-18)12-13-20-16-5-3-15(14-17)4-6-16/h3-6H,2,7-13H2,1H3. The molecule has 1 heterocycles. The van der Waals surface area contributed by atoms with E-state index in [9.17, 15) is 0 Å². The molecule has 0 aliphatic carbocycles. The molecule has 0 radical (unpaired) electrons. The van der Waals surface area contributed by atoms with Crippen molar-refractivity contribution in [2.45, 2.75) is 13.3 Å². The molecule has 0 bridgehead atoms. The highest BCUT2D eigenvalue weighted by Crippen LogP contribution is 2.11. The average molecular weight is 273 g/mol. The van der Waals surface area contributed by atoms with E-state index in [4.69, 9.17) is 10.00 Å². The first-order chi connectivity index (χ1) is 9.81. The summed E-state index contributed by atoms with van der Waals surface area (Å²) >= 11 is 0. The summed E-state index contributed by atoms with van der Waals surface area (Å²) in [6, 6.07) is 9.41. The Hall–Kier alpha value is -1.57. The van der Waals surface area contributed by atoms with Crippen LogP contribution in [0.3, 0.4) is 0 Å². The second-order valence-corrected chi connectivity index (χ2v) is 5.17. The number of benzene rings is 1. The number of ether oxygens (including phenoxy) is 1. The first-order valence-electron chi connectivity index (χ1n) is 7.39. The summed E-state index contributed by atoms with van der Waals surface area (Å²) in [7, 11) is 0. The highest BCUT2D eigenvalue weighted by Gasteiger charge is 2.15. The van der Waals surface area contributed by atoms with Crippen molar-refractivity contribution in [1.82, 2.24) is 9.80 Å². The lowest BCUT2D eigenvalue weighted by molar-refractivity contribution is 0.117. The number of hydrogen-bond acceptors (Lipinski definition) is 4. The van der Waals surface area contributed by atoms with E-state index in [1.165, 1.54) is 26.1 Å². The molecule has 1 fully saturated rings. The summed E-state index contributed by atoms with van der Waals surface area (Å²) < 4.78 is 5.72. The SMILES string of the molecule is CCCN1CCN(CCOc2ccc(C#N)cc2)CC1. The maximum atomic E-state index is 8.73. The van der Waals surface area contributed by atoms with Crippen LogP contribution in [0.25, 0.3) is 0 Å². The summed E-state index contributed by atoms with van der Waals surface area (Å²) in [5.41, 5.74) is 0.671. The van der Waals surface area contributed by atoms with E-state index in [1.807, 2.05) is 12.1 Å². The molecule has 0 atom stereocenters. The van der Waals surface area contributed by atoms with Gasteiger partial charge in [-0.2, -0.15) is 5.26 Å². The smallest absolute Gasteiger partial charge is 0.119 e. The van der Waals surface area contributed by atoms with Crippen molar-refractivity contribution in [3.05, 3.63) is 29.8 Å². The largest absolute Gasteiger partial charge is 0.492 e. The molecular formula is C16H23N3O.